The summed E-state index contributed by atoms with van der Waals surface area (Å²) in [5, 5.41) is 18.5. The van der Waals surface area contributed by atoms with Crippen molar-refractivity contribution in [3.63, 3.8) is 0 Å². The predicted octanol–water partition coefficient (Wildman–Crippen LogP) is 3.82. The van der Waals surface area contributed by atoms with Crippen molar-refractivity contribution >= 4 is 18.0 Å². The number of likely N-dealkylation sites (tertiary alicyclic amines) is 1. The van der Waals surface area contributed by atoms with Crippen molar-refractivity contribution in [3.8, 4) is 5.75 Å². The molecule has 0 bridgehead atoms. The molecule has 1 aliphatic heterocycles. The average Bonchev–Trinajstić information content (AvgIpc) is 3.14. The van der Waals surface area contributed by atoms with Gasteiger partial charge in [-0.05, 0) is 70.6 Å². The van der Waals surface area contributed by atoms with E-state index in [0.717, 1.165) is 32.5 Å². The average molecular weight is 489 g/mol. The van der Waals surface area contributed by atoms with Gasteiger partial charge in [0.15, 0.2) is 0 Å². The van der Waals surface area contributed by atoms with Crippen LogP contribution in [0.3, 0.4) is 0 Å². The molecule has 1 saturated heterocycles. The highest BCUT2D eigenvalue weighted by molar-refractivity contribution is 6.02. The molecule has 1 amide bonds. The van der Waals surface area contributed by atoms with Crippen molar-refractivity contribution in [3.05, 3.63) is 29.3 Å². The van der Waals surface area contributed by atoms with Crippen LogP contribution in [0.2, 0.25) is 0 Å². The standard InChI is InChI=1S/C26H36N2O7/c1-14(2)28(13-22-20-11-27(12-21(20)22)25(33)35-26(3,4)5)15-8-17(9-15)34-16-6-7-18(23(29)30)19(10-16)24(31)32/h6-7,10,14-15,17,20-22H,8-9,11-13H2,1-5H3,(H,29,30)(H,31,32)/t15?,17?,20-,21?,22?/m1/s1. The van der Waals surface area contributed by atoms with Crippen LogP contribution in [-0.2, 0) is 4.74 Å². The summed E-state index contributed by atoms with van der Waals surface area (Å²) in [5.41, 5.74) is -0.994. The number of hydrogen-bond acceptors (Lipinski definition) is 6. The highest BCUT2D eigenvalue weighted by Crippen LogP contribution is 2.53. The summed E-state index contributed by atoms with van der Waals surface area (Å²) in [7, 11) is 0. The summed E-state index contributed by atoms with van der Waals surface area (Å²) in [6.07, 6.45) is 1.44. The van der Waals surface area contributed by atoms with Crippen LogP contribution in [0.1, 0.15) is 68.2 Å². The molecule has 2 N–H and O–H groups in total. The van der Waals surface area contributed by atoms with Gasteiger partial charge in [0.05, 0.1) is 11.1 Å². The number of carbonyl (C=O) groups is 3. The highest BCUT2D eigenvalue weighted by Gasteiger charge is 2.58. The van der Waals surface area contributed by atoms with Gasteiger partial charge in [-0.2, -0.15) is 0 Å². The number of hydrogen-bond donors (Lipinski definition) is 2. The van der Waals surface area contributed by atoms with Gasteiger partial charge in [0.25, 0.3) is 0 Å². The SMILES string of the molecule is CC(C)N(CC1C2CN(C(=O)OC(C)(C)C)C[C@H]21)C1CC(Oc2ccc(C(=O)O)c(C(=O)O)c2)C1. The van der Waals surface area contributed by atoms with Crippen molar-refractivity contribution in [2.75, 3.05) is 19.6 Å². The normalized spacial score (nSPS) is 27.4. The van der Waals surface area contributed by atoms with Crippen LogP contribution in [0.15, 0.2) is 18.2 Å². The van der Waals surface area contributed by atoms with E-state index in [2.05, 4.69) is 18.7 Å². The molecule has 3 atom stereocenters. The van der Waals surface area contributed by atoms with Crippen LogP contribution >= 0.6 is 0 Å². The minimum Gasteiger partial charge on any atom is -0.490 e. The fourth-order valence-electron chi connectivity index (χ4n) is 5.48. The number of rotatable bonds is 8. The summed E-state index contributed by atoms with van der Waals surface area (Å²) >= 11 is 0. The molecule has 192 valence electrons. The van der Waals surface area contributed by atoms with Gasteiger partial charge in [0.2, 0.25) is 0 Å². The van der Waals surface area contributed by atoms with E-state index in [1.807, 2.05) is 25.7 Å². The van der Waals surface area contributed by atoms with E-state index in [1.165, 1.54) is 18.2 Å². The molecular weight excluding hydrogens is 452 g/mol. The Morgan fingerprint density at radius 1 is 1.06 bits per heavy atom. The summed E-state index contributed by atoms with van der Waals surface area (Å²) < 4.78 is 11.5. The van der Waals surface area contributed by atoms with Gasteiger partial charge in [-0.3, -0.25) is 4.90 Å². The van der Waals surface area contributed by atoms with Gasteiger partial charge in [0, 0.05) is 44.6 Å². The Labute approximate surface area is 206 Å². The summed E-state index contributed by atoms with van der Waals surface area (Å²) in [6.45, 7) is 12.6. The third-order valence-corrected chi connectivity index (χ3v) is 7.40. The molecule has 4 rings (SSSR count). The molecule has 3 fully saturated rings. The molecule has 1 heterocycles. The van der Waals surface area contributed by atoms with Crippen molar-refractivity contribution in [2.45, 2.75) is 71.2 Å². The third kappa shape index (κ3) is 5.55. The Balaban J connectivity index is 1.27. The molecule has 1 aromatic rings. The Kier molecular flexibility index (Phi) is 6.74. The minimum absolute atomic E-state index is 0.0278. The zero-order valence-electron chi connectivity index (χ0n) is 21.1. The molecule has 2 aliphatic carbocycles. The Bertz CT molecular complexity index is 984. The lowest BCUT2D eigenvalue weighted by molar-refractivity contribution is -0.00312. The molecule has 9 nitrogen and oxygen atoms in total. The maximum absolute atomic E-state index is 12.3. The lowest BCUT2D eigenvalue weighted by Crippen LogP contribution is -2.52. The highest BCUT2D eigenvalue weighted by atomic mass is 16.6. The number of carboxylic acids is 2. The van der Waals surface area contributed by atoms with Crippen LogP contribution in [0.4, 0.5) is 4.79 Å². The lowest BCUT2D eigenvalue weighted by Gasteiger charge is -2.45. The summed E-state index contributed by atoms with van der Waals surface area (Å²) in [4.78, 5) is 39.4. The fraction of sp³-hybridized carbons (Fsp3) is 0.654. The zero-order valence-corrected chi connectivity index (χ0v) is 21.1. The van der Waals surface area contributed by atoms with Gasteiger partial charge in [-0.25, -0.2) is 14.4 Å². The van der Waals surface area contributed by atoms with E-state index in [9.17, 15) is 24.6 Å². The number of benzene rings is 1. The van der Waals surface area contributed by atoms with E-state index < -0.39 is 17.5 Å². The molecule has 2 saturated carbocycles. The van der Waals surface area contributed by atoms with Gasteiger partial charge in [0.1, 0.15) is 17.5 Å². The van der Waals surface area contributed by atoms with E-state index in [4.69, 9.17) is 9.47 Å². The quantitative estimate of drug-likeness (QED) is 0.567. The summed E-state index contributed by atoms with van der Waals surface area (Å²) in [5.74, 6) is -0.505. The monoisotopic (exact) mass is 488 g/mol. The van der Waals surface area contributed by atoms with Crippen LogP contribution < -0.4 is 4.74 Å². The molecule has 9 heteroatoms. The van der Waals surface area contributed by atoms with Gasteiger partial charge in [-0.1, -0.05) is 0 Å². The topological polar surface area (TPSA) is 117 Å². The minimum atomic E-state index is -1.29. The van der Waals surface area contributed by atoms with E-state index in [-0.39, 0.29) is 23.3 Å². The number of amides is 1. The molecule has 35 heavy (non-hydrogen) atoms. The van der Waals surface area contributed by atoms with Gasteiger partial charge >= 0.3 is 18.0 Å². The second kappa shape index (κ2) is 9.33. The Morgan fingerprint density at radius 2 is 1.66 bits per heavy atom. The first-order valence-electron chi connectivity index (χ1n) is 12.3. The van der Waals surface area contributed by atoms with Gasteiger partial charge < -0.3 is 24.6 Å². The zero-order chi connectivity index (χ0) is 25.7. The van der Waals surface area contributed by atoms with E-state index in [1.54, 1.807) is 0 Å². The number of ether oxygens (including phenoxy) is 2. The van der Waals surface area contributed by atoms with Crippen molar-refractivity contribution in [1.29, 1.82) is 0 Å². The van der Waals surface area contributed by atoms with Crippen LogP contribution in [0, 0.1) is 17.8 Å². The molecule has 0 spiro atoms. The van der Waals surface area contributed by atoms with E-state index in [0.29, 0.717) is 35.6 Å². The molecule has 3 aliphatic rings. The lowest BCUT2D eigenvalue weighted by atomic mass is 9.86. The number of fused-ring (bicyclic) bond motifs is 1. The van der Waals surface area contributed by atoms with Crippen LogP contribution in [0.5, 0.6) is 5.75 Å². The van der Waals surface area contributed by atoms with Crippen LogP contribution in [0.25, 0.3) is 0 Å². The smallest absolute Gasteiger partial charge is 0.410 e. The number of carbonyl (C=O) groups excluding carboxylic acids is 1. The Morgan fingerprint density at radius 3 is 2.17 bits per heavy atom. The second-order valence-electron chi connectivity index (χ2n) is 11.4. The van der Waals surface area contributed by atoms with Crippen LogP contribution in [-0.4, -0.2) is 81.5 Å². The van der Waals surface area contributed by atoms with Gasteiger partial charge in [-0.15, -0.1) is 0 Å². The maximum atomic E-state index is 12.3. The molecular formula is C26H36N2O7. The van der Waals surface area contributed by atoms with Crippen molar-refractivity contribution < 1.29 is 34.1 Å². The second-order valence-corrected chi connectivity index (χ2v) is 11.4. The Hall–Kier alpha value is -2.81. The molecule has 1 aromatic carbocycles. The molecule has 0 aromatic heterocycles. The first-order valence-corrected chi connectivity index (χ1v) is 12.3. The first-order chi connectivity index (χ1) is 16.3. The number of nitrogens with zero attached hydrogens (tertiary/aromatic N) is 2. The molecule has 0 radical (unpaired) electrons. The number of piperidine rings is 1. The predicted molar refractivity (Wildman–Crippen MR) is 128 cm³/mol. The van der Waals surface area contributed by atoms with Crippen molar-refractivity contribution in [2.24, 2.45) is 17.8 Å². The fourth-order valence-corrected chi connectivity index (χ4v) is 5.48. The largest absolute Gasteiger partial charge is 0.490 e. The third-order valence-electron chi connectivity index (χ3n) is 7.40. The number of carboxylic acid groups (broad SMARTS) is 2. The summed E-state index contributed by atoms with van der Waals surface area (Å²) in [6, 6.07) is 4.87. The number of aromatic carboxylic acids is 2. The first kappa shape index (κ1) is 25.3. The molecule has 2 unspecified atom stereocenters. The maximum Gasteiger partial charge on any atom is 0.410 e. The van der Waals surface area contributed by atoms with E-state index >= 15 is 0 Å². The van der Waals surface area contributed by atoms with Crippen molar-refractivity contribution in [1.82, 2.24) is 9.80 Å².